The maximum absolute atomic E-state index is 13.4. The Morgan fingerprint density at radius 1 is 1.35 bits per heavy atom. The first-order valence-electron chi connectivity index (χ1n) is 5.09. The van der Waals surface area contributed by atoms with Crippen LogP contribution >= 0.6 is 0 Å². The third-order valence-corrected chi connectivity index (χ3v) is 2.22. The second-order valence-electron chi connectivity index (χ2n) is 3.52. The van der Waals surface area contributed by atoms with Crippen LogP contribution in [0.25, 0.3) is 0 Å². The highest BCUT2D eigenvalue weighted by Crippen LogP contribution is 2.14. The molecule has 0 saturated carbocycles. The van der Waals surface area contributed by atoms with Crippen LogP contribution in [-0.2, 0) is 13.0 Å². The minimum Gasteiger partial charge on any atom is -0.339 e. The third-order valence-electron chi connectivity index (χ3n) is 2.22. The van der Waals surface area contributed by atoms with Crippen LogP contribution < -0.4 is 5.32 Å². The molecule has 0 spiro atoms. The van der Waals surface area contributed by atoms with Crippen LogP contribution in [0.5, 0.6) is 0 Å². The third kappa shape index (κ3) is 2.65. The Hall–Kier alpha value is -1.82. The van der Waals surface area contributed by atoms with Gasteiger partial charge in [0.25, 0.3) is 0 Å². The molecular weight excluding hydrogens is 228 g/mol. The molecule has 0 aliphatic rings. The molecule has 6 heteroatoms. The Morgan fingerprint density at radius 3 is 2.94 bits per heavy atom. The van der Waals surface area contributed by atoms with Crippen LogP contribution in [0, 0.1) is 11.6 Å². The predicted molar refractivity (Wildman–Crippen MR) is 56.2 cm³/mol. The van der Waals surface area contributed by atoms with Crippen LogP contribution in [0.3, 0.4) is 0 Å². The number of rotatable bonds is 4. The summed E-state index contributed by atoms with van der Waals surface area (Å²) in [5, 5.41) is 6.55. The second kappa shape index (κ2) is 5.01. The Labute approximate surface area is 96.6 Å². The van der Waals surface area contributed by atoms with Crippen LogP contribution in [0.2, 0.25) is 0 Å². The van der Waals surface area contributed by atoms with Crippen molar-refractivity contribution in [2.24, 2.45) is 0 Å². The molecule has 0 atom stereocenters. The molecular formula is C11H11F2N3O. The Balaban J connectivity index is 2.16. The van der Waals surface area contributed by atoms with Gasteiger partial charge in [0.15, 0.2) is 17.5 Å². The van der Waals surface area contributed by atoms with E-state index in [0.29, 0.717) is 12.4 Å². The van der Waals surface area contributed by atoms with Crippen molar-refractivity contribution in [3.05, 3.63) is 47.1 Å². The van der Waals surface area contributed by atoms with Gasteiger partial charge in [-0.3, -0.25) is 0 Å². The van der Waals surface area contributed by atoms with Crippen molar-refractivity contribution in [1.82, 2.24) is 15.5 Å². The molecule has 1 aromatic heterocycles. The number of hydrogen-bond donors (Lipinski definition) is 1. The normalized spacial score (nSPS) is 10.8. The summed E-state index contributed by atoms with van der Waals surface area (Å²) >= 11 is 0. The lowest BCUT2D eigenvalue weighted by molar-refractivity contribution is 0.376. The summed E-state index contributed by atoms with van der Waals surface area (Å²) in [6.07, 6.45) is 0.0836. The van der Waals surface area contributed by atoms with Crippen molar-refractivity contribution < 1.29 is 13.3 Å². The molecule has 0 saturated heterocycles. The molecule has 0 aliphatic heterocycles. The van der Waals surface area contributed by atoms with E-state index >= 15 is 0 Å². The zero-order valence-corrected chi connectivity index (χ0v) is 9.20. The standard InChI is InChI=1S/C11H11F2N3O/c1-14-6-9-15-10(17-16-9)5-7-3-2-4-8(12)11(7)13/h2-4,14H,5-6H2,1H3. The van der Waals surface area contributed by atoms with Crippen molar-refractivity contribution in [1.29, 1.82) is 0 Å². The van der Waals surface area contributed by atoms with Crippen LogP contribution in [0.15, 0.2) is 22.7 Å². The van der Waals surface area contributed by atoms with Crippen LogP contribution in [0.4, 0.5) is 8.78 Å². The molecule has 0 unspecified atom stereocenters. The molecule has 1 aromatic carbocycles. The molecule has 1 heterocycles. The van der Waals surface area contributed by atoms with Gasteiger partial charge in [-0.1, -0.05) is 17.3 Å². The highest BCUT2D eigenvalue weighted by atomic mass is 19.2. The van der Waals surface area contributed by atoms with Crippen LogP contribution in [-0.4, -0.2) is 17.2 Å². The van der Waals surface area contributed by atoms with E-state index in [4.69, 9.17) is 4.52 Å². The maximum atomic E-state index is 13.4. The lowest BCUT2D eigenvalue weighted by atomic mass is 10.1. The summed E-state index contributed by atoms with van der Waals surface area (Å²) < 4.78 is 31.2. The summed E-state index contributed by atoms with van der Waals surface area (Å²) in [4.78, 5) is 4.04. The number of aromatic nitrogens is 2. The van der Waals surface area contributed by atoms with Gasteiger partial charge in [0.2, 0.25) is 5.89 Å². The molecule has 0 amide bonds. The van der Waals surface area contributed by atoms with Gasteiger partial charge in [-0.05, 0) is 13.1 Å². The van der Waals surface area contributed by atoms with Crippen LogP contribution in [0.1, 0.15) is 17.3 Å². The fraction of sp³-hybridized carbons (Fsp3) is 0.273. The van der Waals surface area contributed by atoms with Crippen molar-refractivity contribution in [2.45, 2.75) is 13.0 Å². The monoisotopic (exact) mass is 239 g/mol. The molecule has 1 N–H and O–H groups in total. The molecule has 0 fully saturated rings. The Kier molecular flexibility index (Phi) is 3.43. The highest BCUT2D eigenvalue weighted by molar-refractivity contribution is 5.21. The van der Waals surface area contributed by atoms with Gasteiger partial charge >= 0.3 is 0 Å². The number of nitrogens with one attached hydrogen (secondary N) is 1. The van der Waals surface area contributed by atoms with Gasteiger partial charge in [0.05, 0.1) is 13.0 Å². The fourth-order valence-electron chi connectivity index (χ4n) is 1.44. The molecule has 0 aliphatic carbocycles. The molecule has 2 rings (SSSR count). The largest absolute Gasteiger partial charge is 0.339 e. The average Bonchev–Trinajstić information content (AvgIpc) is 2.73. The fourth-order valence-corrected chi connectivity index (χ4v) is 1.44. The first-order valence-corrected chi connectivity index (χ1v) is 5.09. The average molecular weight is 239 g/mol. The van der Waals surface area contributed by atoms with Crippen molar-refractivity contribution in [3.8, 4) is 0 Å². The van der Waals surface area contributed by atoms with Crippen molar-refractivity contribution in [2.75, 3.05) is 7.05 Å². The van der Waals surface area contributed by atoms with Gasteiger partial charge in [-0.25, -0.2) is 8.78 Å². The smallest absolute Gasteiger partial charge is 0.231 e. The summed E-state index contributed by atoms with van der Waals surface area (Å²) in [7, 11) is 1.75. The van der Waals surface area contributed by atoms with E-state index in [1.807, 2.05) is 0 Å². The molecule has 0 radical (unpaired) electrons. The SMILES string of the molecule is CNCc1noc(Cc2cccc(F)c2F)n1. The molecule has 2 aromatic rings. The van der Waals surface area contributed by atoms with Gasteiger partial charge in [0.1, 0.15) is 0 Å². The van der Waals surface area contributed by atoms with E-state index in [1.54, 1.807) is 7.05 Å². The Bertz CT molecular complexity index is 513. The Morgan fingerprint density at radius 2 is 2.18 bits per heavy atom. The van der Waals surface area contributed by atoms with E-state index < -0.39 is 11.6 Å². The zero-order valence-electron chi connectivity index (χ0n) is 9.20. The second-order valence-corrected chi connectivity index (χ2v) is 3.52. The number of halogens is 2. The topological polar surface area (TPSA) is 51.0 Å². The number of hydrogen-bond acceptors (Lipinski definition) is 4. The molecule has 4 nitrogen and oxygen atoms in total. The quantitative estimate of drug-likeness (QED) is 0.881. The van der Waals surface area contributed by atoms with E-state index in [2.05, 4.69) is 15.5 Å². The summed E-state index contributed by atoms with van der Waals surface area (Å²) in [5.41, 5.74) is 0.199. The first kappa shape index (κ1) is 11.7. The molecule has 0 bridgehead atoms. The first-order chi connectivity index (χ1) is 8.20. The van der Waals surface area contributed by atoms with Gasteiger partial charge in [-0.15, -0.1) is 0 Å². The minimum atomic E-state index is -0.877. The summed E-state index contributed by atoms with van der Waals surface area (Å²) in [6.45, 7) is 0.467. The van der Waals surface area contributed by atoms with Crippen molar-refractivity contribution >= 4 is 0 Å². The van der Waals surface area contributed by atoms with Crippen molar-refractivity contribution in [3.63, 3.8) is 0 Å². The van der Waals surface area contributed by atoms with E-state index in [9.17, 15) is 8.78 Å². The molecule has 17 heavy (non-hydrogen) atoms. The zero-order chi connectivity index (χ0) is 12.3. The molecule has 90 valence electrons. The summed E-state index contributed by atoms with van der Waals surface area (Å²) in [6, 6.07) is 4.00. The number of nitrogens with zero attached hydrogens (tertiary/aromatic N) is 2. The maximum Gasteiger partial charge on any atom is 0.231 e. The lowest BCUT2D eigenvalue weighted by Crippen LogP contribution is -2.06. The van der Waals surface area contributed by atoms with Gasteiger partial charge < -0.3 is 9.84 Å². The number of benzene rings is 1. The van der Waals surface area contributed by atoms with Gasteiger partial charge in [0, 0.05) is 5.56 Å². The highest BCUT2D eigenvalue weighted by Gasteiger charge is 2.12. The lowest BCUT2D eigenvalue weighted by Gasteiger charge is -1.99. The van der Waals surface area contributed by atoms with E-state index in [-0.39, 0.29) is 17.9 Å². The van der Waals surface area contributed by atoms with E-state index in [0.717, 1.165) is 6.07 Å². The minimum absolute atomic E-state index is 0.0836. The van der Waals surface area contributed by atoms with Gasteiger partial charge in [-0.2, -0.15) is 4.98 Å². The summed E-state index contributed by atoms with van der Waals surface area (Å²) in [5.74, 6) is -1.00. The predicted octanol–water partition coefficient (Wildman–Crippen LogP) is 1.66. The van der Waals surface area contributed by atoms with E-state index in [1.165, 1.54) is 12.1 Å².